The molecule has 2 atom stereocenters. The molecule has 16 heavy (non-hydrogen) atoms. The standard InChI is InChI=1S/C14H27NO/c1-16-14-11-7-6-10-13(14)15-12-8-4-2-3-5-9-12/h12-15H,2-11H2,1H3/t13-,14-/m1/s1. The Balaban J connectivity index is 1.81. The number of ether oxygens (including phenoxy) is 1. The lowest BCUT2D eigenvalue weighted by Gasteiger charge is -2.34. The molecule has 0 amide bonds. The molecule has 2 rings (SSSR count). The summed E-state index contributed by atoms with van der Waals surface area (Å²) >= 11 is 0. The molecule has 2 aliphatic carbocycles. The lowest BCUT2D eigenvalue weighted by Crippen LogP contribution is -2.47. The van der Waals surface area contributed by atoms with Crippen LogP contribution in [0.3, 0.4) is 0 Å². The molecular weight excluding hydrogens is 198 g/mol. The van der Waals surface area contributed by atoms with Crippen LogP contribution in [0, 0.1) is 0 Å². The molecule has 2 nitrogen and oxygen atoms in total. The Morgan fingerprint density at radius 1 is 0.812 bits per heavy atom. The van der Waals surface area contributed by atoms with Crippen LogP contribution in [0.15, 0.2) is 0 Å². The molecule has 2 fully saturated rings. The fraction of sp³-hybridized carbons (Fsp3) is 1.00. The molecule has 94 valence electrons. The van der Waals surface area contributed by atoms with Gasteiger partial charge in [0.15, 0.2) is 0 Å². The highest BCUT2D eigenvalue weighted by Crippen LogP contribution is 2.24. The Morgan fingerprint density at radius 2 is 1.44 bits per heavy atom. The maximum absolute atomic E-state index is 5.61. The molecule has 0 unspecified atom stereocenters. The predicted octanol–water partition coefficient (Wildman–Crippen LogP) is 3.26. The van der Waals surface area contributed by atoms with E-state index in [4.69, 9.17) is 4.74 Å². The molecule has 0 aromatic carbocycles. The van der Waals surface area contributed by atoms with Gasteiger partial charge in [0.25, 0.3) is 0 Å². The summed E-state index contributed by atoms with van der Waals surface area (Å²) in [6.45, 7) is 0. The summed E-state index contributed by atoms with van der Waals surface area (Å²) in [5.41, 5.74) is 0. The van der Waals surface area contributed by atoms with E-state index in [9.17, 15) is 0 Å². The minimum absolute atomic E-state index is 0.469. The molecule has 0 aromatic rings. The van der Waals surface area contributed by atoms with E-state index in [1.807, 2.05) is 7.11 Å². The van der Waals surface area contributed by atoms with Crippen molar-refractivity contribution < 1.29 is 4.74 Å². The van der Waals surface area contributed by atoms with Crippen molar-refractivity contribution in [3.05, 3.63) is 0 Å². The first-order chi connectivity index (χ1) is 7.90. The Morgan fingerprint density at radius 3 is 2.12 bits per heavy atom. The second-order valence-electron chi connectivity index (χ2n) is 5.52. The van der Waals surface area contributed by atoms with Crippen molar-refractivity contribution in [1.82, 2.24) is 5.32 Å². The summed E-state index contributed by atoms with van der Waals surface area (Å²) in [5, 5.41) is 3.87. The zero-order valence-corrected chi connectivity index (χ0v) is 10.7. The molecule has 0 aromatic heterocycles. The predicted molar refractivity (Wildman–Crippen MR) is 67.7 cm³/mol. The molecule has 2 heteroatoms. The van der Waals surface area contributed by atoms with Gasteiger partial charge in [0, 0.05) is 19.2 Å². The van der Waals surface area contributed by atoms with E-state index >= 15 is 0 Å². The average molecular weight is 225 g/mol. The van der Waals surface area contributed by atoms with Crippen LogP contribution in [0.25, 0.3) is 0 Å². The molecule has 0 aliphatic heterocycles. The minimum atomic E-state index is 0.469. The van der Waals surface area contributed by atoms with E-state index < -0.39 is 0 Å². The van der Waals surface area contributed by atoms with E-state index in [1.54, 1.807) is 0 Å². The van der Waals surface area contributed by atoms with E-state index in [2.05, 4.69) is 5.32 Å². The molecular formula is C14H27NO. The number of hydrogen-bond donors (Lipinski definition) is 1. The average Bonchev–Trinajstić information content (AvgIpc) is 2.58. The Kier molecular flexibility index (Phi) is 5.11. The van der Waals surface area contributed by atoms with Gasteiger partial charge in [-0.15, -0.1) is 0 Å². The Bertz CT molecular complexity index is 187. The van der Waals surface area contributed by atoms with Gasteiger partial charge in [0.2, 0.25) is 0 Å². The Labute approximate surface area is 100 Å². The summed E-state index contributed by atoms with van der Waals surface area (Å²) in [4.78, 5) is 0. The van der Waals surface area contributed by atoms with Crippen LogP contribution in [0.5, 0.6) is 0 Å². The molecule has 0 radical (unpaired) electrons. The van der Waals surface area contributed by atoms with Gasteiger partial charge in [-0.2, -0.15) is 0 Å². The first-order valence-electron chi connectivity index (χ1n) is 7.19. The van der Waals surface area contributed by atoms with E-state index in [-0.39, 0.29) is 0 Å². The first-order valence-corrected chi connectivity index (χ1v) is 7.19. The van der Waals surface area contributed by atoms with E-state index in [1.165, 1.54) is 64.2 Å². The third-order valence-electron chi connectivity index (χ3n) is 4.31. The van der Waals surface area contributed by atoms with Gasteiger partial charge < -0.3 is 10.1 Å². The third kappa shape index (κ3) is 3.46. The van der Waals surface area contributed by atoms with Crippen molar-refractivity contribution in [2.75, 3.05) is 7.11 Å². The number of methoxy groups -OCH3 is 1. The smallest absolute Gasteiger partial charge is 0.0724 e. The number of nitrogens with one attached hydrogen (secondary N) is 1. The SMILES string of the molecule is CO[C@@H]1CCCC[C@H]1NC1CCCCCC1. The lowest BCUT2D eigenvalue weighted by molar-refractivity contribution is 0.0369. The van der Waals surface area contributed by atoms with Gasteiger partial charge in [-0.05, 0) is 25.7 Å². The number of rotatable bonds is 3. The first kappa shape index (κ1) is 12.4. The summed E-state index contributed by atoms with van der Waals surface area (Å²) < 4.78 is 5.61. The fourth-order valence-corrected chi connectivity index (χ4v) is 3.32. The van der Waals surface area contributed by atoms with Crippen LogP contribution >= 0.6 is 0 Å². The maximum Gasteiger partial charge on any atom is 0.0724 e. The van der Waals surface area contributed by atoms with Gasteiger partial charge >= 0.3 is 0 Å². The summed E-state index contributed by atoms with van der Waals surface area (Å²) in [7, 11) is 1.87. The molecule has 2 saturated carbocycles. The Hall–Kier alpha value is -0.0800. The van der Waals surface area contributed by atoms with Crippen molar-refractivity contribution in [2.24, 2.45) is 0 Å². The normalized spacial score (nSPS) is 33.6. The number of hydrogen-bond acceptors (Lipinski definition) is 2. The van der Waals surface area contributed by atoms with Gasteiger partial charge in [0.05, 0.1) is 6.10 Å². The second kappa shape index (κ2) is 6.61. The van der Waals surface area contributed by atoms with Gasteiger partial charge in [-0.25, -0.2) is 0 Å². The molecule has 0 bridgehead atoms. The van der Waals surface area contributed by atoms with Crippen LogP contribution in [0.1, 0.15) is 64.2 Å². The highest BCUT2D eigenvalue weighted by molar-refractivity contribution is 4.85. The largest absolute Gasteiger partial charge is 0.380 e. The van der Waals surface area contributed by atoms with E-state index in [0.29, 0.717) is 12.1 Å². The molecule has 0 saturated heterocycles. The zero-order chi connectivity index (χ0) is 11.2. The topological polar surface area (TPSA) is 21.3 Å². The monoisotopic (exact) mass is 225 g/mol. The maximum atomic E-state index is 5.61. The highest BCUT2D eigenvalue weighted by atomic mass is 16.5. The van der Waals surface area contributed by atoms with Crippen molar-refractivity contribution in [3.8, 4) is 0 Å². The molecule has 2 aliphatic rings. The van der Waals surface area contributed by atoms with Crippen molar-refractivity contribution in [1.29, 1.82) is 0 Å². The van der Waals surface area contributed by atoms with Crippen LogP contribution in [0.2, 0.25) is 0 Å². The van der Waals surface area contributed by atoms with Crippen molar-refractivity contribution >= 4 is 0 Å². The summed E-state index contributed by atoms with van der Waals surface area (Å²) in [6.07, 6.45) is 14.2. The molecule has 0 spiro atoms. The minimum Gasteiger partial charge on any atom is -0.380 e. The van der Waals surface area contributed by atoms with E-state index in [0.717, 1.165) is 6.04 Å². The lowest BCUT2D eigenvalue weighted by atomic mass is 9.91. The molecule has 1 N–H and O–H groups in total. The van der Waals surface area contributed by atoms with Crippen LogP contribution in [-0.4, -0.2) is 25.3 Å². The highest BCUT2D eigenvalue weighted by Gasteiger charge is 2.26. The van der Waals surface area contributed by atoms with Crippen molar-refractivity contribution in [3.63, 3.8) is 0 Å². The summed E-state index contributed by atoms with van der Waals surface area (Å²) in [5.74, 6) is 0. The van der Waals surface area contributed by atoms with Gasteiger partial charge in [-0.3, -0.25) is 0 Å². The van der Waals surface area contributed by atoms with Gasteiger partial charge in [0.1, 0.15) is 0 Å². The van der Waals surface area contributed by atoms with Crippen molar-refractivity contribution in [2.45, 2.75) is 82.4 Å². The fourth-order valence-electron chi connectivity index (χ4n) is 3.32. The third-order valence-corrected chi connectivity index (χ3v) is 4.31. The van der Waals surface area contributed by atoms with Crippen LogP contribution < -0.4 is 5.32 Å². The second-order valence-corrected chi connectivity index (χ2v) is 5.52. The zero-order valence-electron chi connectivity index (χ0n) is 10.7. The quantitative estimate of drug-likeness (QED) is 0.744. The van der Waals surface area contributed by atoms with Crippen LogP contribution in [0.4, 0.5) is 0 Å². The van der Waals surface area contributed by atoms with Gasteiger partial charge in [-0.1, -0.05) is 38.5 Å². The van der Waals surface area contributed by atoms with Crippen LogP contribution in [-0.2, 0) is 4.74 Å². The summed E-state index contributed by atoms with van der Waals surface area (Å²) in [6, 6.07) is 1.39. The molecule has 0 heterocycles.